The third-order valence-corrected chi connectivity index (χ3v) is 6.90. The van der Waals surface area contributed by atoms with E-state index in [0.29, 0.717) is 18.5 Å². The fourth-order valence-electron chi connectivity index (χ4n) is 2.80. The van der Waals surface area contributed by atoms with Gasteiger partial charge in [0.15, 0.2) is 0 Å². The van der Waals surface area contributed by atoms with Crippen LogP contribution >= 0.6 is 11.3 Å². The summed E-state index contributed by atoms with van der Waals surface area (Å²) in [7, 11) is -3.68. The monoisotopic (exact) mass is 353 g/mol. The summed E-state index contributed by atoms with van der Waals surface area (Å²) in [6.07, 6.45) is 1.36. The molecule has 1 aliphatic heterocycles. The van der Waals surface area contributed by atoms with Gasteiger partial charge in [-0.05, 0) is 50.4 Å². The highest BCUT2D eigenvalue weighted by Crippen LogP contribution is 2.28. The standard InChI is InChI=1S/C15H19N3O3S2/c1-9-6-12(14-13(10(9)2)17-8-22-14)15(19)18-23(20,21)11-4-3-5-16-7-11/h6,8,11,16H,3-5,7H2,1-2H3,(H,18,19)/t11-/m0/s1. The van der Waals surface area contributed by atoms with E-state index in [9.17, 15) is 13.2 Å². The Balaban J connectivity index is 1.92. The summed E-state index contributed by atoms with van der Waals surface area (Å²) < 4.78 is 27.8. The van der Waals surface area contributed by atoms with Gasteiger partial charge in [-0.3, -0.25) is 4.79 Å². The van der Waals surface area contributed by atoms with Crippen LogP contribution in [0.4, 0.5) is 0 Å². The highest BCUT2D eigenvalue weighted by molar-refractivity contribution is 7.90. The number of piperidine rings is 1. The van der Waals surface area contributed by atoms with Crippen molar-refractivity contribution in [1.29, 1.82) is 0 Å². The third-order valence-electron chi connectivity index (χ3n) is 4.29. The predicted molar refractivity (Wildman–Crippen MR) is 91.4 cm³/mol. The van der Waals surface area contributed by atoms with Crippen molar-refractivity contribution >= 4 is 37.5 Å². The molecule has 2 heterocycles. The number of carbonyl (C=O) groups is 1. The van der Waals surface area contributed by atoms with Gasteiger partial charge in [0, 0.05) is 6.54 Å². The molecule has 23 heavy (non-hydrogen) atoms. The maximum Gasteiger partial charge on any atom is 0.266 e. The summed E-state index contributed by atoms with van der Waals surface area (Å²) in [6.45, 7) is 5.04. The molecule has 2 N–H and O–H groups in total. The predicted octanol–water partition coefficient (Wildman–Crippen LogP) is 1.72. The molecular formula is C15H19N3O3S2. The Bertz CT molecular complexity index is 852. The van der Waals surface area contributed by atoms with Gasteiger partial charge in [-0.2, -0.15) is 0 Å². The van der Waals surface area contributed by atoms with E-state index in [2.05, 4.69) is 15.0 Å². The summed E-state index contributed by atoms with van der Waals surface area (Å²) in [5.41, 5.74) is 4.74. The fourth-order valence-corrected chi connectivity index (χ4v) is 5.01. The zero-order valence-electron chi connectivity index (χ0n) is 13.0. The van der Waals surface area contributed by atoms with Crippen molar-refractivity contribution in [2.45, 2.75) is 31.9 Å². The van der Waals surface area contributed by atoms with Crippen LogP contribution < -0.4 is 10.0 Å². The number of nitrogens with one attached hydrogen (secondary N) is 2. The van der Waals surface area contributed by atoms with Crippen LogP contribution in [0.2, 0.25) is 0 Å². The molecule has 3 rings (SSSR count). The topological polar surface area (TPSA) is 88.2 Å². The molecule has 0 aliphatic carbocycles. The van der Waals surface area contributed by atoms with E-state index in [1.807, 2.05) is 13.8 Å². The lowest BCUT2D eigenvalue weighted by atomic mass is 10.0. The summed E-state index contributed by atoms with van der Waals surface area (Å²) in [6, 6.07) is 1.74. The first kappa shape index (κ1) is 16.4. The van der Waals surface area contributed by atoms with Crippen LogP contribution in [0.25, 0.3) is 10.2 Å². The van der Waals surface area contributed by atoms with Crippen molar-refractivity contribution in [3.63, 3.8) is 0 Å². The van der Waals surface area contributed by atoms with Crippen LogP contribution in [0, 0.1) is 13.8 Å². The normalized spacial score (nSPS) is 19.0. The molecule has 2 aromatic rings. The molecular weight excluding hydrogens is 334 g/mol. The van der Waals surface area contributed by atoms with Crippen molar-refractivity contribution < 1.29 is 13.2 Å². The molecule has 1 aliphatic rings. The number of hydrogen-bond acceptors (Lipinski definition) is 6. The lowest BCUT2D eigenvalue weighted by molar-refractivity contribution is 0.0982. The average Bonchev–Trinajstić information content (AvgIpc) is 3.01. The maximum atomic E-state index is 12.5. The van der Waals surface area contributed by atoms with Crippen LogP contribution in [0.5, 0.6) is 0 Å². The van der Waals surface area contributed by atoms with E-state index in [4.69, 9.17) is 0 Å². The third kappa shape index (κ3) is 3.11. The minimum Gasteiger partial charge on any atom is -0.315 e. The smallest absolute Gasteiger partial charge is 0.266 e. The second-order valence-corrected chi connectivity index (χ2v) is 8.66. The minimum atomic E-state index is -3.68. The zero-order valence-corrected chi connectivity index (χ0v) is 14.7. The van der Waals surface area contributed by atoms with Gasteiger partial charge >= 0.3 is 0 Å². The molecule has 1 fully saturated rings. The number of aryl methyl sites for hydroxylation is 2. The van der Waals surface area contributed by atoms with Crippen LogP contribution in [-0.2, 0) is 10.0 Å². The Hall–Kier alpha value is -1.51. The molecule has 1 aromatic heterocycles. The Morgan fingerprint density at radius 1 is 1.43 bits per heavy atom. The number of carbonyl (C=O) groups excluding carboxylic acids is 1. The van der Waals surface area contributed by atoms with E-state index in [-0.39, 0.29) is 0 Å². The Kier molecular flexibility index (Phi) is 4.39. The largest absolute Gasteiger partial charge is 0.315 e. The molecule has 124 valence electrons. The highest BCUT2D eigenvalue weighted by Gasteiger charge is 2.29. The van der Waals surface area contributed by atoms with Crippen LogP contribution in [0.15, 0.2) is 11.6 Å². The maximum absolute atomic E-state index is 12.5. The Morgan fingerprint density at radius 3 is 2.91 bits per heavy atom. The molecule has 8 heteroatoms. The average molecular weight is 353 g/mol. The lowest BCUT2D eigenvalue weighted by Crippen LogP contribution is -2.46. The van der Waals surface area contributed by atoms with Gasteiger partial charge < -0.3 is 5.32 Å². The molecule has 0 saturated carbocycles. The molecule has 0 unspecified atom stereocenters. The number of nitrogens with zero attached hydrogens (tertiary/aromatic N) is 1. The van der Waals surface area contributed by atoms with Crippen molar-refractivity contribution in [2.75, 3.05) is 13.1 Å². The fraction of sp³-hybridized carbons (Fsp3) is 0.467. The quantitative estimate of drug-likeness (QED) is 0.877. The van der Waals surface area contributed by atoms with Gasteiger partial charge in [0.25, 0.3) is 5.91 Å². The molecule has 0 bridgehead atoms. The first-order chi connectivity index (χ1) is 10.9. The van der Waals surface area contributed by atoms with Crippen molar-refractivity contribution in [3.05, 3.63) is 28.3 Å². The molecule has 1 saturated heterocycles. The SMILES string of the molecule is Cc1cc(C(=O)NS(=O)(=O)[C@H]2CCCNC2)c2scnc2c1C. The van der Waals surface area contributed by atoms with Gasteiger partial charge in [0.05, 0.1) is 26.5 Å². The van der Waals surface area contributed by atoms with Crippen LogP contribution in [0.1, 0.15) is 34.3 Å². The van der Waals surface area contributed by atoms with Gasteiger partial charge in [-0.1, -0.05) is 0 Å². The summed E-state index contributed by atoms with van der Waals surface area (Å²) in [5.74, 6) is -0.576. The van der Waals surface area contributed by atoms with Gasteiger partial charge in [-0.15, -0.1) is 11.3 Å². The molecule has 1 atom stereocenters. The van der Waals surface area contributed by atoms with E-state index in [0.717, 1.165) is 34.3 Å². The number of hydrogen-bond donors (Lipinski definition) is 2. The van der Waals surface area contributed by atoms with Crippen molar-refractivity contribution in [3.8, 4) is 0 Å². The van der Waals surface area contributed by atoms with E-state index in [1.54, 1.807) is 11.6 Å². The lowest BCUT2D eigenvalue weighted by Gasteiger charge is -2.23. The van der Waals surface area contributed by atoms with Crippen molar-refractivity contribution in [2.24, 2.45) is 0 Å². The van der Waals surface area contributed by atoms with Gasteiger partial charge in [0.1, 0.15) is 0 Å². The van der Waals surface area contributed by atoms with E-state index < -0.39 is 21.2 Å². The number of fused-ring (bicyclic) bond motifs is 1. The second-order valence-electron chi connectivity index (χ2n) is 5.84. The number of benzene rings is 1. The Labute approximate surface area is 139 Å². The van der Waals surface area contributed by atoms with Gasteiger partial charge in [0.2, 0.25) is 10.0 Å². The molecule has 0 radical (unpaired) electrons. The summed E-state index contributed by atoms with van der Waals surface area (Å²) >= 11 is 1.35. The second kappa shape index (κ2) is 6.18. The number of sulfonamides is 1. The van der Waals surface area contributed by atoms with E-state index >= 15 is 0 Å². The molecule has 1 amide bonds. The number of aromatic nitrogens is 1. The molecule has 1 aromatic carbocycles. The Morgan fingerprint density at radius 2 is 2.22 bits per heavy atom. The first-order valence-corrected chi connectivity index (χ1v) is 9.93. The van der Waals surface area contributed by atoms with Gasteiger partial charge in [-0.25, -0.2) is 18.1 Å². The zero-order chi connectivity index (χ0) is 16.6. The highest BCUT2D eigenvalue weighted by atomic mass is 32.2. The van der Waals surface area contributed by atoms with Crippen LogP contribution in [0.3, 0.4) is 0 Å². The van der Waals surface area contributed by atoms with Crippen molar-refractivity contribution in [1.82, 2.24) is 15.0 Å². The first-order valence-electron chi connectivity index (χ1n) is 7.50. The molecule has 0 spiro atoms. The number of thiazole rings is 1. The molecule has 6 nitrogen and oxygen atoms in total. The summed E-state index contributed by atoms with van der Waals surface area (Å²) in [4.78, 5) is 16.8. The number of rotatable bonds is 3. The van der Waals surface area contributed by atoms with Crippen LogP contribution in [-0.4, -0.2) is 37.6 Å². The number of amides is 1. The summed E-state index contributed by atoms with van der Waals surface area (Å²) in [5, 5.41) is 2.49. The minimum absolute atomic E-state index is 0.373. The van der Waals surface area contributed by atoms with E-state index in [1.165, 1.54) is 11.3 Å².